The van der Waals surface area contributed by atoms with Crippen LogP contribution in [-0.4, -0.2) is 33.9 Å². The summed E-state index contributed by atoms with van der Waals surface area (Å²) < 4.78 is 0. The molecule has 5 heteroatoms. The number of benzene rings is 1. The van der Waals surface area contributed by atoms with Crippen molar-refractivity contribution >= 4 is 17.5 Å². The lowest BCUT2D eigenvalue weighted by molar-refractivity contribution is 0.0677. The van der Waals surface area contributed by atoms with Gasteiger partial charge in [-0.1, -0.05) is 19.1 Å². The fourth-order valence-corrected chi connectivity index (χ4v) is 2.93. The number of anilines is 2. The Balaban J connectivity index is 1.75. The molecule has 0 spiro atoms. The number of nitrogens with zero attached hydrogens (tertiary/aromatic N) is 3. The van der Waals surface area contributed by atoms with Gasteiger partial charge in [0.1, 0.15) is 5.69 Å². The highest BCUT2D eigenvalue weighted by Crippen LogP contribution is 2.18. The van der Waals surface area contributed by atoms with Crippen molar-refractivity contribution in [2.45, 2.75) is 26.7 Å². The SMILES string of the molecule is Cc1cccc(Nc2nccc(C(=O)N3CCCC(C)C3)n2)c1. The molecule has 0 radical (unpaired) electrons. The first-order valence-corrected chi connectivity index (χ1v) is 8.08. The van der Waals surface area contributed by atoms with E-state index in [1.807, 2.05) is 36.1 Å². The smallest absolute Gasteiger partial charge is 0.272 e. The number of piperidine rings is 1. The molecule has 1 aromatic heterocycles. The van der Waals surface area contributed by atoms with E-state index in [4.69, 9.17) is 0 Å². The first-order valence-electron chi connectivity index (χ1n) is 8.08. The van der Waals surface area contributed by atoms with Gasteiger partial charge in [0.25, 0.3) is 5.91 Å². The van der Waals surface area contributed by atoms with E-state index in [-0.39, 0.29) is 5.91 Å². The van der Waals surface area contributed by atoms with Gasteiger partial charge in [-0.2, -0.15) is 0 Å². The van der Waals surface area contributed by atoms with Gasteiger partial charge in [0, 0.05) is 25.0 Å². The van der Waals surface area contributed by atoms with Gasteiger partial charge < -0.3 is 10.2 Å². The van der Waals surface area contributed by atoms with Crippen LogP contribution in [0.4, 0.5) is 11.6 Å². The molecule has 1 aliphatic heterocycles. The molecular weight excluding hydrogens is 288 g/mol. The number of hydrogen-bond acceptors (Lipinski definition) is 4. The highest BCUT2D eigenvalue weighted by atomic mass is 16.2. The molecule has 3 rings (SSSR count). The number of hydrogen-bond donors (Lipinski definition) is 1. The molecule has 0 saturated carbocycles. The van der Waals surface area contributed by atoms with Crippen molar-refractivity contribution in [1.82, 2.24) is 14.9 Å². The quantitative estimate of drug-likeness (QED) is 0.944. The molecule has 2 heterocycles. The normalized spacial score (nSPS) is 17.8. The predicted molar refractivity (Wildman–Crippen MR) is 90.8 cm³/mol. The van der Waals surface area contributed by atoms with Crippen LogP contribution in [0.2, 0.25) is 0 Å². The van der Waals surface area contributed by atoms with E-state index in [1.54, 1.807) is 12.3 Å². The molecular formula is C18H22N4O. The Morgan fingerprint density at radius 3 is 3.00 bits per heavy atom. The largest absolute Gasteiger partial charge is 0.337 e. The van der Waals surface area contributed by atoms with Crippen LogP contribution in [0, 0.1) is 12.8 Å². The Morgan fingerprint density at radius 2 is 2.22 bits per heavy atom. The van der Waals surface area contributed by atoms with E-state index < -0.39 is 0 Å². The second-order valence-electron chi connectivity index (χ2n) is 6.26. The number of rotatable bonds is 3. The zero-order valence-electron chi connectivity index (χ0n) is 13.6. The van der Waals surface area contributed by atoms with Gasteiger partial charge in [0.05, 0.1) is 0 Å². The van der Waals surface area contributed by atoms with Gasteiger partial charge in [0.15, 0.2) is 0 Å². The summed E-state index contributed by atoms with van der Waals surface area (Å²) in [5.41, 5.74) is 2.52. The Labute approximate surface area is 136 Å². The van der Waals surface area contributed by atoms with E-state index >= 15 is 0 Å². The summed E-state index contributed by atoms with van der Waals surface area (Å²) in [6.45, 7) is 5.84. The molecule has 1 N–H and O–H groups in total. The minimum atomic E-state index is -0.00811. The maximum absolute atomic E-state index is 12.6. The van der Waals surface area contributed by atoms with Crippen molar-refractivity contribution in [2.75, 3.05) is 18.4 Å². The minimum Gasteiger partial charge on any atom is -0.337 e. The van der Waals surface area contributed by atoms with Crippen molar-refractivity contribution in [1.29, 1.82) is 0 Å². The number of aromatic nitrogens is 2. The molecule has 1 saturated heterocycles. The van der Waals surface area contributed by atoms with Crippen LogP contribution in [0.15, 0.2) is 36.5 Å². The van der Waals surface area contributed by atoms with E-state index in [1.165, 1.54) is 6.42 Å². The molecule has 1 unspecified atom stereocenters. The third kappa shape index (κ3) is 3.86. The van der Waals surface area contributed by atoms with Gasteiger partial charge in [0.2, 0.25) is 5.95 Å². The second-order valence-corrected chi connectivity index (χ2v) is 6.26. The molecule has 5 nitrogen and oxygen atoms in total. The van der Waals surface area contributed by atoms with Gasteiger partial charge in [-0.25, -0.2) is 9.97 Å². The van der Waals surface area contributed by atoms with Crippen molar-refractivity contribution in [3.8, 4) is 0 Å². The van der Waals surface area contributed by atoms with Crippen molar-refractivity contribution in [2.24, 2.45) is 5.92 Å². The number of carbonyl (C=O) groups excluding carboxylic acids is 1. The first kappa shape index (κ1) is 15.5. The van der Waals surface area contributed by atoms with Crippen molar-refractivity contribution in [3.63, 3.8) is 0 Å². The molecule has 120 valence electrons. The summed E-state index contributed by atoms with van der Waals surface area (Å²) in [4.78, 5) is 23.1. The van der Waals surface area contributed by atoms with Crippen LogP contribution < -0.4 is 5.32 Å². The summed E-state index contributed by atoms with van der Waals surface area (Å²) in [5.74, 6) is 0.997. The number of likely N-dealkylation sites (tertiary alicyclic amines) is 1. The molecule has 1 aromatic carbocycles. The lowest BCUT2D eigenvalue weighted by Gasteiger charge is -2.30. The summed E-state index contributed by atoms with van der Waals surface area (Å²) in [6.07, 6.45) is 3.88. The summed E-state index contributed by atoms with van der Waals surface area (Å²) in [6, 6.07) is 9.66. The maximum Gasteiger partial charge on any atom is 0.272 e. The summed E-state index contributed by atoms with van der Waals surface area (Å²) >= 11 is 0. The van der Waals surface area contributed by atoms with Gasteiger partial charge in [-0.15, -0.1) is 0 Å². The van der Waals surface area contributed by atoms with Crippen LogP contribution in [0.5, 0.6) is 0 Å². The Bertz CT molecular complexity index is 701. The maximum atomic E-state index is 12.6. The molecule has 2 aromatic rings. The molecule has 0 aliphatic carbocycles. The monoisotopic (exact) mass is 310 g/mol. The average Bonchev–Trinajstić information content (AvgIpc) is 2.54. The minimum absolute atomic E-state index is 0.00811. The number of amides is 1. The van der Waals surface area contributed by atoms with Crippen molar-refractivity contribution in [3.05, 3.63) is 47.8 Å². The van der Waals surface area contributed by atoms with Crippen LogP contribution in [0.1, 0.15) is 35.8 Å². The van der Waals surface area contributed by atoms with Crippen LogP contribution >= 0.6 is 0 Å². The van der Waals surface area contributed by atoms with E-state index in [0.29, 0.717) is 17.6 Å². The zero-order chi connectivity index (χ0) is 16.2. The highest BCUT2D eigenvalue weighted by Gasteiger charge is 2.23. The number of carbonyl (C=O) groups is 1. The van der Waals surface area contributed by atoms with E-state index in [9.17, 15) is 4.79 Å². The van der Waals surface area contributed by atoms with Crippen LogP contribution in [-0.2, 0) is 0 Å². The Morgan fingerprint density at radius 1 is 1.35 bits per heavy atom. The highest BCUT2D eigenvalue weighted by molar-refractivity contribution is 5.92. The lowest BCUT2D eigenvalue weighted by atomic mass is 10.00. The Hall–Kier alpha value is -2.43. The average molecular weight is 310 g/mol. The van der Waals surface area contributed by atoms with E-state index in [0.717, 1.165) is 30.8 Å². The summed E-state index contributed by atoms with van der Waals surface area (Å²) in [7, 11) is 0. The molecule has 1 fully saturated rings. The molecule has 23 heavy (non-hydrogen) atoms. The molecule has 1 atom stereocenters. The fraction of sp³-hybridized carbons (Fsp3) is 0.389. The second kappa shape index (κ2) is 6.77. The van der Waals surface area contributed by atoms with Crippen LogP contribution in [0.3, 0.4) is 0 Å². The molecule has 0 bridgehead atoms. The van der Waals surface area contributed by atoms with Gasteiger partial charge in [-0.05, 0) is 49.4 Å². The summed E-state index contributed by atoms with van der Waals surface area (Å²) in [5, 5.41) is 3.16. The third-order valence-corrected chi connectivity index (χ3v) is 4.09. The number of nitrogens with one attached hydrogen (secondary N) is 1. The van der Waals surface area contributed by atoms with Gasteiger partial charge >= 0.3 is 0 Å². The van der Waals surface area contributed by atoms with Crippen LogP contribution in [0.25, 0.3) is 0 Å². The lowest BCUT2D eigenvalue weighted by Crippen LogP contribution is -2.39. The van der Waals surface area contributed by atoms with E-state index in [2.05, 4.69) is 22.2 Å². The standard InChI is InChI=1S/C18H22N4O/c1-13-5-3-7-15(11-13)20-18-19-9-8-16(21-18)17(23)22-10-4-6-14(2)12-22/h3,5,7-9,11,14H,4,6,10,12H2,1-2H3,(H,19,20,21). The first-order chi connectivity index (χ1) is 11.1. The molecule has 1 aliphatic rings. The molecule has 1 amide bonds. The predicted octanol–water partition coefficient (Wildman–Crippen LogP) is 3.40. The number of aryl methyl sites for hydroxylation is 1. The fourth-order valence-electron chi connectivity index (χ4n) is 2.93. The zero-order valence-corrected chi connectivity index (χ0v) is 13.6. The third-order valence-electron chi connectivity index (χ3n) is 4.09. The Kier molecular flexibility index (Phi) is 4.55. The van der Waals surface area contributed by atoms with Gasteiger partial charge in [-0.3, -0.25) is 4.79 Å². The van der Waals surface area contributed by atoms with Crippen molar-refractivity contribution < 1.29 is 4.79 Å². The topological polar surface area (TPSA) is 58.1 Å².